The van der Waals surface area contributed by atoms with Crippen molar-refractivity contribution in [2.75, 3.05) is 26.9 Å². The van der Waals surface area contributed by atoms with Crippen molar-refractivity contribution in [3.8, 4) is 11.5 Å². The quantitative estimate of drug-likeness (QED) is 0.408. The first-order chi connectivity index (χ1) is 14.5. The van der Waals surface area contributed by atoms with Crippen molar-refractivity contribution in [3.63, 3.8) is 0 Å². The molecule has 3 aromatic rings. The fraction of sp³-hybridized carbons (Fsp3) is 0.350. The van der Waals surface area contributed by atoms with Crippen LogP contribution in [0.3, 0.4) is 0 Å². The summed E-state index contributed by atoms with van der Waals surface area (Å²) in [5, 5.41) is 6.72. The number of methoxy groups -OCH3 is 1. The molecule has 0 unspecified atom stereocenters. The Morgan fingerprint density at radius 3 is 2.70 bits per heavy atom. The average molecular weight is 413 g/mol. The van der Waals surface area contributed by atoms with E-state index in [0.717, 1.165) is 5.69 Å². The topological polar surface area (TPSA) is 117 Å². The summed E-state index contributed by atoms with van der Waals surface area (Å²) in [5.41, 5.74) is 2.12. The Morgan fingerprint density at radius 1 is 1.17 bits per heavy atom. The van der Waals surface area contributed by atoms with E-state index >= 15 is 0 Å². The molecule has 1 N–H and O–H groups in total. The summed E-state index contributed by atoms with van der Waals surface area (Å²) in [5.74, 6) is 0.733. The molecule has 0 atom stereocenters. The first kappa shape index (κ1) is 21.0. The summed E-state index contributed by atoms with van der Waals surface area (Å²) in [7, 11) is 1.56. The number of nitrogens with zero attached hydrogens (tertiary/aromatic N) is 4. The van der Waals surface area contributed by atoms with Crippen LogP contribution in [0, 0.1) is 13.8 Å². The maximum Gasteiger partial charge on any atom is 0.310 e. The van der Waals surface area contributed by atoms with Crippen LogP contribution in [0.5, 0.6) is 11.5 Å². The molecule has 1 amide bonds. The summed E-state index contributed by atoms with van der Waals surface area (Å²) < 4.78 is 17.4. The van der Waals surface area contributed by atoms with Crippen molar-refractivity contribution in [3.05, 3.63) is 47.5 Å². The lowest BCUT2D eigenvalue weighted by molar-refractivity contribution is -0.147. The molecule has 0 saturated carbocycles. The van der Waals surface area contributed by atoms with Gasteiger partial charge in [0.05, 0.1) is 20.1 Å². The molecule has 0 aliphatic carbocycles. The highest BCUT2D eigenvalue weighted by molar-refractivity contribution is 5.81. The molecular formula is C20H23N5O5. The van der Waals surface area contributed by atoms with Crippen molar-refractivity contribution >= 4 is 17.7 Å². The molecule has 0 aliphatic rings. The lowest BCUT2D eigenvalue weighted by Crippen LogP contribution is -2.32. The number of hydrogen-bond donors (Lipinski definition) is 1. The van der Waals surface area contributed by atoms with Crippen molar-refractivity contribution in [1.29, 1.82) is 0 Å². The standard InChI is InChI=1S/C20H23N5O5/c1-13-15(14(2)25-20(24-13)22-12-23-25)10-19(27)30-11-18(26)21-8-9-29-17-7-5-4-6-16(17)28-3/h4-7,12H,8-11H2,1-3H3,(H,21,26). The number of benzene rings is 1. The van der Waals surface area contributed by atoms with Gasteiger partial charge in [0.25, 0.3) is 11.7 Å². The van der Waals surface area contributed by atoms with E-state index < -0.39 is 11.9 Å². The average Bonchev–Trinajstić information content (AvgIpc) is 3.21. The smallest absolute Gasteiger partial charge is 0.310 e. The lowest BCUT2D eigenvalue weighted by atomic mass is 10.1. The molecule has 1 aromatic carbocycles. The Balaban J connectivity index is 1.42. The summed E-state index contributed by atoms with van der Waals surface area (Å²) in [4.78, 5) is 32.4. The van der Waals surface area contributed by atoms with Gasteiger partial charge in [-0.15, -0.1) is 0 Å². The van der Waals surface area contributed by atoms with E-state index in [1.165, 1.54) is 6.33 Å². The third-order valence-electron chi connectivity index (χ3n) is 4.42. The molecule has 0 fully saturated rings. The minimum absolute atomic E-state index is 0.00927. The monoisotopic (exact) mass is 413 g/mol. The SMILES string of the molecule is COc1ccccc1OCCNC(=O)COC(=O)Cc1c(C)nc2ncnn2c1C. The van der Waals surface area contributed by atoms with Crippen molar-refractivity contribution in [2.24, 2.45) is 0 Å². The molecule has 10 heteroatoms. The molecule has 2 heterocycles. The van der Waals surface area contributed by atoms with Crippen LogP contribution in [-0.4, -0.2) is 58.3 Å². The van der Waals surface area contributed by atoms with Gasteiger partial charge < -0.3 is 19.5 Å². The minimum atomic E-state index is -0.525. The number of carbonyl (C=O) groups excluding carboxylic acids is 2. The molecule has 0 aliphatic heterocycles. The second-order valence-corrected chi connectivity index (χ2v) is 6.42. The highest BCUT2D eigenvalue weighted by Gasteiger charge is 2.16. The van der Waals surface area contributed by atoms with Crippen LogP contribution < -0.4 is 14.8 Å². The van der Waals surface area contributed by atoms with Crippen LogP contribution in [0.15, 0.2) is 30.6 Å². The number of ether oxygens (including phenoxy) is 3. The van der Waals surface area contributed by atoms with E-state index in [2.05, 4.69) is 20.4 Å². The number of amides is 1. The summed E-state index contributed by atoms with van der Waals surface area (Å²) in [6, 6.07) is 7.23. The van der Waals surface area contributed by atoms with E-state index in [0.29, 0.717) is 28.5 Å². The summed E-state index contributed by atoms with van der Waals surface area (Å²) in [6.07, 6.45) is 1.39. The van der Waals surface area contributed by atoms with E-state index in [-0.39, 0.29) is 26.2 Å². The molecule has 2 aromatic heterocycles. The van der Waals surface area contributed by atoms with Crippen LogP contribution in [0.4, 0.5) is 0 Å². The van der Waals surface area contributed by atoms with Gasteiger partial charge >= 0.3 is 5.97 Å². The van der Waals surface area contributed by atoms with Gasteiger partial charge in [0.1, 0.15) is 12.9 Å². The summed E-state index contributed by atoms with van der Waals surface area (Å²) >= 11 is 0. The third-order valence-corrected chi connectivity index (χ3v) is 4.42. The van der Waals surface area contributed by atoms with Crippen molar-refractivity contribution in [1.82, 2.24) is 24.9 Å². The maximum atomic E-state index is 12.2. The van der Waals surface area contributed by atoms with Gasteiger partial charge in [-0.25, -0.2) is 9.50 Å². The Bertz CT molecular complexity index is 1050. The van der Waals surface area contributed by atoms with Crippen LogP contribution >= 0.6 is 0 Å². The Morgan fingerprint density at radius 2 is 1.93 bits per heavy atom. The van der Waals surface area contributed by atoms with Gasteiger partial charge in [0, 0.05) is 17.0 Å². The zero-order valence-electron chi connectivity index (χ0n) is 17.0. The fourth-order valence-corrected chi connectivity index (χ4v) is 2.89. The predicted molar refractivity (Wildman–Crippen MR) is 106 cm³/mol. The van der Waals surface area contributed by atoms with Gasteiger partial charge in [-0.1, -0.05) is 12.1 Å². The van der Waals surface area contributed by atoms with Gasteiger partial charge in [-0.2, -0.15) is 10.1 Å². The highest BCUT2D eigenvalue weighted by atomic mass is 16.5. The number of nitrogens with one attached hydrogen (secondary N) is 1. The number of aromatic nitrogens is 4. The number of rotatable bonds is 9. The molecule has 0 radical (unpaired) electrons. The number of para-hydroxylation sites is 2. The van der Waals surface area contributed by atoms with Crippen molar-refractivity contribution in [2.45, 2.75) is 20.3 Å². The number of aryl methyl sites for hydroxylation is 2. The first-order valence-corrected chi connectivity index (χ1v) is 9.33. The molecule has 3 rings (SSSR count). The number of carbonyl (C=O) groups is 2. The van der Waals surface area contributed by atoms with Gasteiger partial charge in [-0.3, -0.25) is 9.59 Å². The first-order valence-electron chi connectivity index (χ1n) is 9.33. The normalized spacial score (nSPS) is 10.6. The minimum Gasteiger partial charge on any atom is -0.493 e. The lowest BCUT2D eigenvalue weighted by Gasteiger charge is -2.12. The molecule has 158 valence electrons. The number of hydrogen-bond acceptors (Lipinski definition) is 8. The molecule has 0 spiro atoms. The number of fused-ring (bicyclic) bond motifs is 1. The van der Waals surface area contributed by atoms with E-state index in [9.17, 15) is 9.59 Å². The molecule has 0 bridgehead atoms. The second-order valence-electron chi connectivity index (χ2n) is 6.42. The molecular weight excluding hydrogens is 390 g/mol. The Hall–Kier alpha value is -3.69. The third kappa shape index (κ3) is 5.02. The molecule has 30 heavy (non-hydrogen) atoms. The van der Waals surface area contributed by atoms with Gasteiger partial charge in [0.15, 0.2) is 18.1 Å². The van der Waals surface area contributed by atoms with Crippen LogP contribution in [0.1, 0.15) is 17.0 Å². The molecule has 10 nitrogen and oxygen atoms in total. The van der Waals surface area contributed by atoms with Crippen LogP contribution in [0.25, 0.3) is 5.78 Å². The van der Waals surface area contributed by atoms with Crippen molar-refractivity contribution < 1.29 is 23.8 Å². The fourth-order valence-electron chi connectivity index (χ4n) is 2.89. The second kappa shape index (κ2) is 9.68. The zero-order chi connectivity index (χ0) is 21.5. The largest absolute Gasteiger partial charge is 0.493 e. The highest BCUT2D eigenvalue weighted by Crippen LogP contribution is 2.25. The Labute approximate surface area is 173 Å². The Kier molecular flexibility index (Phi) is 6.79. The summed E-state index contributed by atoms with van der Waals surface area (Å²) in [6.45, 7) is 3.76. The number of esters is 1. The van der Waals surface area contributed by atoms with Gasteiger partial charge in [-0.05, 0) is 26.0 Å². The van der Waals surface area contributed by atoms with E-state index in [1.807, 2.05) is 19.1 Å². The van der Waals surface area contributed by atoms with Crippen LogP contribution in [-0.2, 0) is 20.7 Å². The molecule has 0 saturated heterocycles. The van der Waals surface area contributed by atoms with Gasteiger partial charge in [0.2, 0.25) is 0 Å². The maximum absolute atomic E-state index is 12.2. The predicted octanol–water partition coefficient (Wildman–Crippen LogP) is 1.03. The van der Waals surface area contributed by atoms with Crippen LogP contribution in [0.2, 0.25) is 0 Å². The zero-order valence-corrected chi connectivity index (χ0v) is 17.0. The van der Waals surface area contributed by atoms with E-state index in [1.54, 1.807) is 30.7 Å². The van der Waals surface area contributed by atoms with E-state index in [4.69, 9.17) is 14.2 Å².